The van der Waals surface area contributed by atoms with Gasteiger partial charge in [-0.25, -0.2) is 9.59 Å². The number of hydrogen-bond acceptors (Lipinski definition) is 3. The summed E-state index contributed by atoms with van der Waals surface area (Å²) >= 11 is 0. The Labute approximate surface area is 108 Å². The zero-order valence-electron chi connectivity index (χ0n) is 11.2. The van der Waals surface area contributed by atoms with Gasteiger partial charge in [0.05, 0.1) is 0 Å². The van der Waals surface area contributed by atoms with Crippen LogP contribution < -0.4 is 0 Å². The van der Waals surface area contributed by atoms with Gasteiger partial charge in [-0.3, -0.25) is 0 Å². The largest absolute Gasteiger partial charge is 0.479 e. The summed E-state index contributed by atoms with van der Waals surface area (Å²) in [6.07, 6.45) is 3.03. The molecule has 0 unspecified atom stereocenters. The van der Waals surface area contributed by atoms with Gasteiger partial charge in [0, 0.05) is 13.1 Å². The second-order valence-corrected chi connectivity index (χ2v) is 5.24. The SMILES string of the molecule is CC(C)C[C@H](OC(=O)N1CCCCCC1)C(=O)O. The molecule has 0 saturated carbocycles. The molecule has 5 heteroatoms. The van der Waals surface area contributed by atoms with Crippen molar-refractivity contribution in [1.82, 2.24) is 4.90 Å². The number of carbonyl (C=O) groups excluding carboxylic acids is 1. The van der Waals surface area contributed by atoms with Crippen LogP contribution in [0, 0.1) is 5.92 Å². The number of likely N-dealkylation sites (tertiary alicyclic amines) is 1. The van der Waals surface area contributed by atoms with Gasteiger partial charge in [0.2, 0.25) is 6.10 Å². The first kappa shape index (κ1) is 14.8. The summed E-state index contributed by atoms with van der Waals surface area (Å²) in [4.78, 5) is 24.5. The minimum atomic E-state index is -1.06. The minimum absolute atomic E-state index is 0.183. The van der Waals surface area contributed by atoms with Crippen molar-refractivity contribution in [2.75, 3.05) is 13.1 Å². The van der Waals surface area contributed by atoms with Crippen LogP contribution in [0.25, 0.3) is 0 Å². The van der Waals surface area contributed by atoms with E-state index >= 15 is 0 Å². The van der Waals surface area contributed by atoms with Crippen LogP contribution in [-0.4, -0.2) is 41.3 Å². The normalized spacial score (nSPS) is 18.3. The molecular formula is C13H23NO4. The lowest BCUT2D eigenvalue weighted by atomic mass is 10.1. The molecular weight excluding hydrogens is 234 g/mol. The van der Waals surface area contributed by atoms with E-state index in [2.05, 4.69) is 0 Å². The number of carboxylic acid groups (broad SMARTS) is 1. The summed E-state index contributed by atoms with van der Waals surface area (Å²) < 4.78 is 5.11. The van der Waals surface area contributed by atoms with Crippen molar-refractivity contribution in [3.63, 3.8) is 0 Å². The summed E-state index contributed by atoms with van der Waals surface area (Å²) in [6, 6.07) is 0. The summed E-state index contributed by atoms with van der Waals surface area (Å²) in [5, 5.41) is 9.03. The summed E-state index contributed by atoms with van der Waals surface area (Å²) in [5.41, 5.74) is 0. The van der Waals surface area contributed by atoms with E-state index in [4.69, 9.17) is 9.84 Å². The van der Waals surface area contributed by atoms with Gasteiger partial charge >= 0.3 is 12.1 Å². The Hall–Kier alpha value is -1.26. The third-order valence-electron chi connectivity index (χ3n) is 3.07. The molecule has 0 spiro atoms. The fraction of sp³-hybridized carbons (Fsp3) is 0.846. The lowest BCUT2D eigenvalue weighted by Gasteiger charge is -2.23. The predicted octanol–water partition coefficient (Wildman–Crippen LogP) is 2.50. The minimum Gasteiger partial charge on any atom is -0.479 e. The highest BCUT2D eigenvalue weighted by Crippen LogP contribution is 2.14. The topological polar surface area (TPSA) is 66.8 Å². The third kappa shape index (κ3) is 4.94. The van der Waals surface area contributed by atoms with Gasteiger partial charge in [0.15, 0.2) is 0 Å². The molecule has 1 heterocycles. The first-order chi connectivity index (χ1) is 8.50. The number of nitrogens with zero attached hydrogens (tertiary/aromatic N) is 1. The van der Waals surface area contributed by atoms with Crippen molar-refractivity contribution < 1.29 is 19.4 Å². The molecule has 0 bridgehead atoms. The molecule has 18 heavy (non-hydrogen) atoms. The number of hydrogen-bond donors (Lipinski definition) is 1. The van der Waals surface area contributed by atoms with E-state index in [0.717, 1.165) is 25.7 Å². The number of amides is 1. The average molecular weight is 257 g/mol. The van der Waals surface area contributed by atoms with Crippen molar-refractivity contribution in [2.45, 2.75) is 52.1 Å². The van der Waals surface area contributed by atoms with Crippen molar-refractivity contribution in [3.8, 4) is 0 Å². The van der Waals surface area contributed by atoms with Gasteiger partial charge in [-0.2, -0.15) is 0 Å². The quantitative estimate of drug-likeness (QED) is 0.840. The van der Waals surface area contributed by atoms with E-state index in [1.807, 2.05) is 13.8 Å². The highest BCUT2D eigenvalue weighted by molar-refractivity contribution is 5.77. The molecule has 104 valence electrons. The molecule has 1 aliphatic rings. The van der Waals surface area contributed by atoms with E-state index in [1.165, 1.54) is 0 Å². The summed E-state index contributed by atoms with van der Waals surface area (Å²) in [7, 11) is 0. The fourth-order valence-electron chi connectivity index (χ4n) is 2.08. The van der Waals surface area contributed by atoms with Crippen molar-refractivity contribution in [1.29, 1.82) is 0 Å². The smallest absolute Gasteiger partial charge is 0.410 e. The Bertz CT molecular complexity index is 283. The highest BCUT2D eigenvalue weighted by Gasteiger charge is 2.26. The first-order valence-electron chi connectivity index (χ1n) is 6.69. The van der Waals surface area contributed by atoms with Crippen LogP contribution in [0.3, 0.4) is 0 Å². The maximum Gasteiger partial charge on any atom is 0.410 e. The molecule has 0 aliphatic carbocycles. The molecule has 1 fully saturated rings. The van der Waals surface area contributed by atoms with Gasteiger partial charge in [0.1, 0.15) is 0 Å². The lowest BCUT2D eigenvalue weighted by Crippen LogP contribution is -2.38. The van der Waals surface area contributed by atoms with E-state index < -0.39 is 18.2 Å². The van der Waals surface area contributed by atoms with Gasteiger partial charge in [-0.1, -0.05) is 26.7 Å². The van der Waals surface area contributed by atoms with E-state index in [1.54, 1.807) is 4.90 Å². The zero-order valence-corrected chi connectivity index (χ0v) is 11.2. The van der Waals surface area contributed by atoms with Crippen LogP contribution in [0.1, 0.15) is 46.0 Å². The number of aliphatic carboxylic acids is 1. The van der Waals surface area contributed by atoms with Crippen LogP contribution >= 0.6 is 0 Å². The van der Waals surface area contributed by atoms with Crippen LogP contribution in [0.15, 0.2) is 0 Å². The Kier molecular flexibility index (Phi) is 5.95. The van der Waals surface area contributed by atoms with E-state index in [-0.39, 0.29) is 5.92 Å². The molecule has 1 atom stereocenters. The second kappa shape index (κ2) is 7.24. The first-order valence-corrected chi connectivity index (χ1v) is 6.69. The Morgan fingerprint density at radius 3 is 2.17 bits per heavy atom. The Balaban J connectivity index is 2.51. The Morgan fingerprint density at radius 2 is 1.72 bits per heavy atom. The van der Waals surface area contributed by atoms with Crippen LogP contribution in [0.5, 0.6) is 0 Å². The van der Waals surface area contributed by atoms with Crippen LogP contribution in [-0.2, 0) is 9.53 Å². The third-order valence-corrected chi connectivity index (χ3v) is 3.07. The zero-order chi connectivity index (χ0) is 13.5. The second-order valence-electron chi connectivity index (χ2n) is 5.24. The fourth-order valence-corrected chi connectivity index (χ4v) is 2.08. The Morgan fingerprint density at radius 1 is 1.17 bits per heavy atom. The predicted molar refractivity (Wildman–Crippen MR) is 67.4 cm³/mol. The number of rotatable bonds is 4. The molecule has 1 rings (SSSR count). The van der Waals surface area contributed by atoms with Crippen molar-refractivity contribution >= 4 is 12.1 Å². The molecule has 1 saturated heterocycles. The maximum absolute atomic E-state index is 11.9. The van der Waals surface area contributed by atoms with E-state index in [9.17, 15) is 9.59 Å². The number of carboxylic acids is 1. The summed E-state index contributed by atoms with van der Waals surface area (Å²) in [5.74, 6) is -0.880. The monoisotopic (exact) mass is 257 g/mol. The number of carbonyl (C=O) groups is 2. The van der Waals surface area contributed by atoms with Gasteiger partial charge in [-0.05, 0) is 25.2 Å². The molecule has 1 aliphatic heterocycles. The standard InChI is InChI=1S/C13H23NO4/c1-10(2)9-11(12(15)16)18-13(17)14-7-5-3-4-6-8-14/h10-11H,3-9H2,1-2H3,(H,15,16)/t11-/m0/s1. The van der Waals surface area contributed by atoms with Gasteiger partial charge in [0.25, 0.3) is 0 Å². The molecule has 0 radical (unpaired) electrons. The molecule has 0 aromatic rings. The molecule has 5 nitrogen and oxygen atoms in total. The van der Waals surface area contributed by atoms with Crippen molar-refractivity contribution in [3.05, 3.63) is 0 Å². The summed E-state index contributed by atoms with van der Waals surface area (Å²) in [6.45, 7) is 5.17. The van der Waals surface area contributed by atoms with E-state index in [0.29, 0.717) is 19.5 Å². The van der Waals surface area contributed by atoms with Gasteiger partial charge in [-0.15, -0.1) is 0 Å². The number of ether oxygens (including phenoxy) is 1. The highest BCUT2D eigenvalue weighted by atomic mass is 16.6. The van der Waals surface area contributed by atoms with Gasteiger partial charge < -0.3 is 14.7 Å². The maximum atomic E-state index is 11.9. The average Bonchev–Trinajstić information content (AvgIpc) is 2.55. The van der Waals surface area contributed by atoms with Crippen molar-refractivity contribution in [2.24, 2.45) is 5.92 Å². The molecule has 1 N–H and O–H groups in total. The molecule has 0 aromatic carbocycles. The lowest BCUT2D eigenvalue weighted by molar-refractivity contribution is -0.148. The molecule has 1 amide bonds. The molecule has 0 aromatic heterocycles. The van der Waals surface area contributed by atoms with Crippen LogP contribution in [0.2, 0.25) is 0 Å². The van der Waals surface area contributed by atoms with Crippen LogP contribution in [0.4, 0.5) is 4.79 Å².